The van der Waals surface area contributed by atoms with Crippen LogP contribution in [0, 0.1) is 5.92 Å². The molecule has 0 radical (unpaired) electrons. The molecule has 1 fully saturated rings. The van der Waals surface area contributed by atoms with Crippen molar-refractivity contribution in [2.45, 2.75) is 32.2 Å². The Kier molecular flexibility index (Phi) is 5.08. The fraction of sp³-hybridized carbons (Fsp3) is 0.471. The Morgan fingerprint density at radius 3 is 2.82 bits per heavy atom. The van der Waals surface area contributed by atoms with Gasteiger partial charge in [-0.2, -0.15) is 0 Å². The predicted octanol–water partition coefficient (Wildman–Crippen LogP) is 2.92. The molecule has 1 aromatic carbocycles. The van der Waals surface area contributed by atoms with Crippen LogP contribution < -0.4 is 15.4 Å². The molecule has 0 bridgehead atoms. The van der Waals surface area contributed by atoms with E-state index < -0.39 is 5.54 Å². The summed E-state index contributed by atoms with van der Waals surface area (Å²) in [5.41, 5.74) is 1.02. The number of hydrogen-bond donors (Lipinski definition) is 3. The van der Waals surface area contributed by atoms with Crippen LogP contribution in [0.15, 0.2) is 36.4 Å². The molecule has 0 spiro atoms. The normalized spacial score (nSPS) is 16.5. The van der Waals surface area contributed by atoms with E-state index >= 15 is 0 Å². The van der Waals surface area contributed by atoms with Gasteiger partial charge in [-0.15, -0.1) is 0 Å². The van der Waals surface area contributed by atoms with Crippen molar-refractivity contribution in [3.05, 3.63) is 36.4 Å². The minimum Gasteiger partial charge on any atom is -0.489 e. The molecule has 5 nitrogen and oxygen atoms in total. The van der Waals surface area contributed by atoms with Gasteiger partial charge in [-0.3, -0.25) is 0 Å². The summed E-state index contributed by atoms with van der Waals surface area (Å²) in [6.07, 6.45) is 2.09. The highest BCUT2D eigenvalue weighted by Crippen LogP contribution is 2.39. The molecule has 120 valence electrons. The fourth-order valence-electron chi connectivity index (χ4n) is 2.28. The van der Waals surface area contributed by atoms with Gasteiger partial charge in [0.25, 0.3) is 0 Å². The van der Waals surface area contributed by atoms with E-state index in [0.29, 0.717) is 24.0 Å². The van der Waals surface area contributed by atoms with Gasteiger partial charge in [-0.05, 0) is 50.3 Å². The summed E-state index contributed by atoms with van der Waals surface area (Å²) >= 11 is 0. The molecule has 22 heavy (non-hydrogen) atoms. The van der Waals surface area contributed by atoms with Crippen LogP contribution in [0.1, 0.15) is 26.7 Å². The quantitative estimate of drug-likeness (QED) is 0.678. The first-order valence-corrected chi connectivity index (χ1v) is 7.50. The van der Waals surface area contributed by atoms with Crippen LogP contribution in [-0.2, 0) is 0 Å². The molecule has 1 aliphatic carbocycles. The van der Waals surface area contributed by atoms with Gasteiger partial charge in [0.2, 0.25) is 0 Å². The van der Waals surface area contributed by atoms with Gasteiger partial charge in [0.15, 0.2) is 0 Å². The molecule has 1 unspecified atom stereocenters. The topological polar surface area (TPSA) is 70.6 Å². The molecule has 0 heterocycles. The van der Waals surface area contributed by atoms with Crippen molar-refractivity contribution in [2.24, 2.45) is 5.92 Å². The summed E-state index contributed by atoms with van der Waals surface area (Å²) < 4.78 is 5.55. The van der Waals surface area contributed by atoms with E-state index in [1.165, 1.54) is 0 Å². The van der Waals surface area contributed by atoms with E-state index in [9.17, 15) is 9.90 Å². The predicted molar refractivity (Wildman–Crippen MR) is 87.1 cm³/mol. The summed E-state index contributed by atoms with van der Waals surface area (Å²) in [4.78, 5) is 12.1. The lowest BCUT2D eigenvalue weighted by molar-refractivity contribution is 0.159. The third-order valence-electron chi connectivity index (χ3n) is 3.78. The zero-order valence-electron chi connectivity index (χ0n) is 13.2. The van der Waals surface area contributed by atoms with Crippen LogP contribution in [0.5, 0.6) is 5.75 Å². The molecular weight excluding hydrogens is 280 g/mol. The number of aliphatic hydroxyl groups is 1. The maximum atomic E-state index is 12.1. The van der Waals surface area contributed by atoms with Gasteiger partial charge in [0.1, 0.15) is 12.4 Å². The number of rotatable bonds is 7. The van der Waals surface area contributed by atoms with Gasteiger partial charge >= 0.3 is 6.03 Å². The average molecular weight is 304 g/mol. The van der Waals surface area contributed by atoms with E-state index in [1.54, 1.807) is 12.1 Å². The summed E-state index contributed by atoms with van der Waals surface area (Å²) in [7, 11) is 0. The minimum atomic E-state index is -0.557. The number of anilines is 1. The molecule has 1 aromatic rings. The molecule has 1 saturated carbocycles. The van der Waals surface area contributed by atoms with E-state index in [4.69, 9.17) is 4.74 Å². The molecule has 0 aliphatic heterocycles. The number of nitrogens with one attached hydrogen (secondary N) is 2. The van der Waals surface area contributed by atoms with Crippen LogP contribution in [0.4, 0.5) is 10.5 Å². The van der Waals surface area contributed by atoms with Crippen molar-refractivity contribution in [1.82, 2.24) is 5.32 Å². The minimum absolute atomic E-state index is 0.0626. The molecule has 1 atom stereocenters. The van der Waals surface area contributed by atoms with Crippen LogP contribution in [0.2, 0.25) is 0 Å². The first kappa shape index (κ1) is 16.4. The van der Waals surface area contributed by atoms with E-state index in [0.717, 1.165) is 18.4 Å². The maximum absolute atomic E-state index is 12.1. The Morgan fingerprint density at radius 1 is 1.50 bits per heavy atom. The number of amides is 2. The van der Waals surface area contributed by atoms with Crippen molar-refractivity contribution < 1.29 is 14.6 Å². The number of ether oxygens (including phenoxy) is 1. The number of carbonyl (C=O) groups excluding carboxylic acids is 1. The van der Waals surface area contributed by atoms with Crippen molar-refractivity contribution in [2.75, 3.05) is 18.5 Å². The summed E-state index contributed by atoms with van der Waals surface area (Å²) in [5, 5.41) is 15.2. The lowest BCUT2D eigenvalue weighted by Crippen LogP contribution is -2.52. The Hall–Kier alpha value is -2.01. The van der Waals surface area contributed by atoms with Gasteiger partial charge in [0, 0.05) is 11.8 Å². The Labute approximate surface area is 131 Å². The first-order valence-electron chi connectivity index (χ1n) is 7.50. The third-order valence-corrected chi connectivity index (χ3v) is 3.78. The van der Waals surface area contributed by atoms with Gasteiger partial charge in [0.05, 0.1) is 12.1 Å². The number of carbonyl (C=O) groups is 1. The standard InChI is InChI=1S/C17H24N2O3/c1-12(2)10-22-15-6-4-5-14(9-15)18-16(21)19-17(3,11-20)13-7-8-13/h4-6,9,13,20H,1,7-8,10-11H2,2-3H3,(H2,18,19,21). The molecule has 0 aromatic heterocycles. The van der Waals surface area contributed by atoms with Crippen molar-refractivity contribution in [3.8, 4) is 5.75 Å². The molecule has 5 heteroatoms. The zero-order valence-corrected chi connectivity index (χ0v) is 13.2. The van der Waals surface area contributed by atoms with Crippen LogP contribution >= 0.6 is 0 Å². The number of hydrogen-bond acceptors (Lipinski definition) is 3. The smallest absolute Gasteiger partial charge is 0.319 e. The molecule has 1 aliphatic rings. The average Bonchev–Trinajstić information content (AvgIpc) is 3.30. The van der Waals surface area contributed by atoms with Crippen molar-refractivity contribution in [1.29, 1.82) is 0 Å². The molecule has 2 amide bonds. The highest BCUT2D eigenvalue weighted by molar-refractivity contribution is 5.90. The lowest BCUT2D eigenvalue weighted by Gasteiger charge is -2.28. The molecular formula is C17H24N2O3. The zero-order chi connectivity index (χ0) is 16.2. The molecule has 2 rings (SSSR count). The van der Waals surface area contributed by atoms with Crippen LogP contribution in [0.3, 0.4) is 0 Å². The van der Waals surface area contributed by atoms with Gasteiger partial charge < -0.3 is 20.5 Å². The fourth-order valence-corrected chi connectivity index (χ4v) is 2.28. The second kappa shape index (κ2) is 6.83. The van der Waals surface area contributed by atoms with Crippen molar-refractivity contribution >= 4 is 11.7 Å². The van der Waals surface area contributed by atoms with E-state index in [1.807, 2.05) is 26.0 Å². The molecule has 0 saturated heterocycles. The summed E-state index contributed by atoms with van der Waals surface area (Å²) in [5.74, 6) is 1.03. The van der Waals surface area contributed by atoms with Gasteiger partial charge in [-0.25, -0.2) is 4.79 Å². The monoisotopic (exact) mass is 304 g/mol. The maximum Gasteiger partial charge on any atom is 0.319 e. The van der Waals surface area contributed by atoms with E-state index in [-0.39, 0.29) is 12.6 Å². The highest BCUT2D eigenvalue weighted by atomic mass is 16.5. The Bertz CT molecular complexity index is 555. The number of urea groups is 1. The number of aliphatic hydroxyl groups excluding tert-OH is 1. The summed E-state index contributed by atoms with van der Waals surface area (Å²) in [6, 6.07) is 6.88. The first-order chi connectivity index (χ1) is 10.4. The number of benzene rings is 1. The molecule has 3 N–H and O–H groups in total. The Balaban J connectivity index is 1.93. The summed E-state index contributed by atoms with van der Waals surface area (Å²) in [6.45, 7) is 7.93. The lowest BCUT2D eigenvalue weighted by atomic mass is 9.97. The second-order valence-corrected chi connectivity index (χ2v) is 6.20. The Morgan fingerprint density at radius 2 is 2.23 bits per heavy atom. The van der Waals surface area contributed by atoms with E-state index in [2.05, 4.69) is 17.2 Å². The largest absolute Gasteiger partial charge is 0.489 e. The SMILES string of the molecule is C=C(C)COc1cccc(NC(=O)NC(C)(CO)C2CC2)c1. The van der Waals surface area contributed by atoms with Crippen molar-refractivity contribution in [3.63, 3.8) is 0 Å². The van der Waals surface area contributed by atoms with Gasteiger partial charge in [-0.1, -0.05) is 12.6 Å². The second-order valence-electron chi connectivity index (χ2n) is 6.20. The third kappa shape index (κ3) is 4.49. The highest BCUT2D eigenvalue weighted by Gasteiger charge is 2.42. The van der Waals surface area contributed by atoms with Crippen LogP contribution in [0.25, 0.3) is 0 Å². The van der Waals surface area contributed by atoms with Crippen LogP contribution in [-0.4, -0.2) is 29.9 Å².